The Kier molecular flexibility index (Phi) is 3.74. The van der Waals surface area contributed by atoms with Gasteiger partial charge in [-0.1, -0.05) is 23.4 Å². The van der Waals surface area contributed by atoms with Gasteiger partial charge in [0.15, 0.2) is 5.16 Å². The normalized spacial score (nSPS) is 11.2. The number of aromatic nitrogens is 2. The molecule has 0 unspecified atom stereocenters. The van der Waals surface area contributed by atoms with Crippen LogP contribution >= 0.6 is 23.4 Å². The zero-order valence-electron chi connectivity index (χ0n) is 8.98. The van der Waals surface area contributed by atoms with Gasteiger partial charge in [-0.2, -0.15) is 0 Å². The molecule has 1 heterocycles. The molecule has 0 aliphatic rings. The summed E-state index contributed by atoms with van der Waals surface area (Å²) >= 11 is 7.57. The van der Waals surface area contributed by atoms with Gasteiger partial charge in [-0.25, -0.2) is 4.98 Å². The Morgan fingerprint density at radius 2 is 2.31 bits per heavy atom. The number of aliphatic hydroxyl groups excluding tert-OH is 1. The first-order chi connectivity index (χ1) is 7.72. The molecule has 1 aromatic carbocycles. The number of nitrogens with zero attached hydrogens (tertiary/aromatic N) is 2. The number of imidazole rings is 1. The van der Waals surface area contributed by atoms with Crippen LogP contribution in [0.15, 0.2) is 23.4 Å². The Labute approximate surface area is 103 Å². The fourth-order valence-corrected chi connectivity index (χ4v) is 2.59. The van der Waals surface area contributed by atoms with Gasteiger partial charge in [0.05, 0.1) is 11.0 Å². The summed E-state index contributed by atoms with van der Waals surface area (Å²) in [5, 5.41) is 10.4. The van der Waals surface area contributed by atoms with Crippen molar-refractivity contribution in [2.24, 2.45) is 7.05 Å². The minimum absolute atomic E-state index is 0.225. The highest BCUT2D eigenvalue weighted by molar-refractivity contribution is 7.99. The summed E-state index contributed by atoms with van der Waals surface area (Å²) in [7, 11) is 1.99. The highest BCUT2D eigenvalue weighted by Crippen LogP contribution is 2.25. The van der Waals surface area contributed by atoms with Crippen LogP contribution in [0.2, 0.25) is 5.02 Å². The van der Waals surface area contributed by atoms with Gasteiger partial charge in [-0.3, -0.25) is 0 Å². The molecule has 2 aromatic rings. The van der Waals surface area contributed by atoms with E-state index in [-0.39, 0.29) is 6.61 Å². The molecule has 5 heteroatoms. The summed E-state index contributed by atoms with van der Waals surface area (Å²) in [6, 6.07) is 5.71. The van der Waals surface area contributed by atoms with E-state index < -0.39 is 0 Å². The van der Waals surface area contributed by atoms with Crippen molar-refractivity contribution in [3.8, 4) is 0 Å². The third kappa shape index (κ3) is 2.34. The van der Waals surface area contributed by atoms with Crippen LogP contribution < -0.4 is 0 Å². The van der Waals surface area contributed by atoms with Gasteiger partial charge in [0, 0.05) is 24.4 Å². The van der Waals surface area contributed by atoms with Crippen LogP contribution in [0.3, 0.4) is 0 Å². The zero-order valence-corrected chi connectivity index (χ0v) is 10.6. The molecule has 0 atom stereocenters. The van der Waals surface area contributed by atoms with Crippen molar-refractivity contribution in [3.63, 3.8) is 0 Å². The van der Waals surface area contributed by atoms with Crippen LogP contribution in [0.1, 0.15) is 6.42 Å². The number of hydrogen-bond donors (Lipinski definition) is 1. The Bertz CT molecular complexity index is 498. The number of aliphatic hydroxyl groups is 1. The van der Waals surface area contributed by atoms with Crippen LogP contribution in [-0.2, 0) is 7.05 Å². The Morgan fingerprint density at radius 3 is 3.06 bits per heavy atom. The highest BCUT2D eigenvalue weighted by atomic mass is 35.5. The van der Waals surface area contributed by atoms with E-state index in [1.807, 2.05) is 29.8 Å². The lowest BCUT2D eigenvalue weighted by molar-refractivity contribution is 0.296. The van der Waals surface area contributed by atoms with Gasteiger partial charge in [0.25, 0.3) is 0 Å². The van der Waals surface area contributed by atoms with E-state index in [0.29, 0.717) is 5.02 Å². The molecule has 0 fully saturated rings. The maximum absolute atomic E-state index is 8.73. The van der Waals surface area contributed by atoms with E-state index in [9.17, 15) is 0 Å². The molecule has 0 amide bonds. The molecule has 16 heavy (non-hydrogen) atoms. The third-order valence-electron chi connectivity index (χ3n) is 2.34. The van der Waals surface area contributed by atoms with E-state index in [0.717, 1.165) is 28.4 Å². The lowest BCUT2D eigenvalue weighted by Gasteiger charge is -2.00. The summed E-state index contributed by atoms with van der Waals surface area (Å²) < 4.78 is 2.05. The first-order valence-electron chi connectivity index (χ1n) is 5.08. The van der Waals surface area contributed by atoms with Crippen molar-refractivity contribution in [2.75, 3.05) is 12.4 Å². The van der Waals surface area contributed by atoms with E-state index in [4.69, 9.17) is 16.7 Å². The lowest BCUT2D eigenvalue weighted by atomic mass is 10.3. The second kappa shape index (κ2) is 5.08. The first kappa shape index (κ1) is 11.8. The van der Waals surface area contributed by atoms with Crippen LogP contribution in [-0.4, -0.2) is 27.0 Å². The number of halogens is 1. The van der Waals surface area contributed by atoms with Gasteiger partial charge in [0.1, 0.15) is 0 Å². The van der Waals surface area contributed by atoms with Gasteiger partial charge in [0.2, 0.25) is 0 Å². The highest BCUT2D eigenvalue weighted by Gasteiger charge is 2.07. The molecular weight excluding hydrogens is 244 g/mol. The SMILES string of the molecule is Cn1c(SCCCO)nc2cc(Cl)ccc21. The van der Waals surface area contributed by atoms with Crippen LogP contribution in [0.4, 0.5) is 0 Å². The zero-order chi connectivity index (χ0) is 11.5. The summed E-state index contributed by atoms with van der Waals surface area (Å²) in [6.45, 7) is 0.225. The Morgan fingerprint density at radius 1 is 1.50 bits per heavy atom. The molecule has 0 radical (unpaired) electrons. The summed E-state index contributed by atoms with van der Waals surface area (Å²) in [5.74, 6) is 0.876. The maximum Gasteiger partial charge on any atom is 0.168 e. The number of rotatable bonds is 4. The third-order valence-corrected chi connectivity index (χ3v) is 3.69. The minimum atomic E-state index is 0.225. The standard InChI is InChI=1S/C11H13ClN2OS/c1-14-10-4-3-8(12)7-9(10)13-11(14)16-6-2-5-15/h3-4,7,15H,2,5-6H2,1H3. The largest absolute Gasteiger partial charge is 0.396 e. The number of hydrogen-bond acceptors (Lipinski definition) is 3. The molecule has 1 aromatic heterocycles. The smallest absolute Gasteiger partial charge is 0.168 e. The van der Waals surface area contributed by atoms with Crippen molar-refractivity contribution in [3.05, 3.63) is 23.2 Å². The summed E-state index contributed by atoms with van der Waals surface area (Å²) in [4.78, 5) is 4.50. The van der Waals surface area contributed by atoms with Gasteiger partial charge in [-0.05, 0) is 24.6 Å². The van der Waals surface area contributed by atoms with Crippen LogP contribution in [0.25, 0.3) is 11.0 Å². The topological polar surface area (TPSA) is 38.0 Å². The predicted molar refractivity (Wildman–Crippen MR) is 68.2 cm³/mol. The summed E-state index contributed by atoms with van der Waals surface area (Å²) in [5.41, 5.74) is 2.00. The molecule has 1 N–H and O–H groups in total. The van der Waals surface area contributed by atoms with Crippen molar-refractivity contribution in [2.45, 2.75) is 11.6 Å². The number of aryl methyl sites for hydroxylation is 1. The molecule has 86 valence electrons. The average Bonchev–Trinajstić information content (AvgIpc) is 2.56. The maximum atomic E-state index is 8.73. The number of thioether (sulfide) groups is 1. The average molecular weight is 257 g/mol. The monoisotopic (exact) mass is 256 g/mol. The molecular formula is C11H13ClN2OS. The molecule has 0 aliphatic heterocycles. The quantitative estimate of drug-likeness (QED) is 0.675. The first-order valence-corrected chi connectivity index (χ1v) is 6.44. The van der Waals surface area contributed by atoms with Gasteiger partial charge >= 0.3 is 0 Å². The summed E-state index contributed by atoms with van der Waals surface area (Å²) in [6.07, 6.45) is 0.786. The number of benzene rings is 1. The Balaban J connectivity index is 2.29. The molecule has 0 spiro atoms. The van der Waals surface area contributed by atoms with Crippen molar-refractivity contribution in [1.82, 2.24) is 9.55 Å². The fourth-order valence-electron chi connectivity index (χ4n) is 1.51. The predicted octanol–water partition coefficient (Wildman–Crippen LogP) is 2.70. The van der Waals surface area contributed by atoms with Crippen molar-refractivity contribution in [1.29, 1.82) is 0 Å². The molecule has 0 saturated carbocycles. The number of fused-ring (bicyclic) bond motifs is 1. The second-order valence-corrected chi connectivity index (χ2v) is 5.01. The van der Waals surface area contributed by atoms with Crippen molar-refractivity contribution >= 4 is 34.4 Å². The second-order valence-electron chi connectivity index (χ2n) is 3.51. The molecule has 2 rings (SSSR count). The molecule has 0 bridgehead atoms. The van der Waals surface area contributed by atoms with Crippen LogP contribution in [0.5, 0.6) is 0 Å². The van der Waals surface area contributed by atoms with E-state index >= 15 is 0 Å². The van der Waals surface area contributed by atoms with Gasteiger partial charge < -0.3 is 9.67 Å². The Hall–Kier alpha value is -0.710. The van der Waals surface area contributed by atoms with E-state index in [1.165, 1.54) is 0 Å². The van der Waals surface area contributed by atoms with Crippen LogP contribution in [0, 0.1) is 0 Å². The van der Waals surface area contributed by atoms with Crippen molar-refractivity contribution < 1.29 is 5.11 Å². The van der Waals surface area contributed by atoms with E-state index in [1.54, 1.807) is 11.8 Å². The van der Waals surface area contributed by atoms with Gasteiger partial charge in [-0.15, -0.1) is 0 Å². The minimum Gasteiger partial charge on any atom is -0.396 e. The molecule has 0 aliphatic carbocycles. The fraction of sp³-hybridized carbons (Fsp3) is 0.364. The molecule has 0 saturated heterocycles. The molecule has 3 nitrogen and oxygen atoms in total. The lowest BCUT2D eigenvalue weighted by Crippen LogP contribution is -1.92. The van der Waals surface area contributed by atoms with E-state index in [2.05, 4.69) is 4.98 Å².